The first-order chi connectivity index (χ1) is 17.4. The maximum Gasteiger partial charge on any atom is 0.259 e. The van der Waals surface area contributed by atoms with Gasteiger partial charge in [-0.05, 0) is 80.2 Å². The molecule has 2 fully saturated rings. The third kappa shape index (κ3) is 3.82. The summed E-state index contributed by atoms with van der Waals surface area (Å²) in [6.45, 7) is 4.72. The zero-order chi connectivity index (χ0) is 25.1. The number of carbonyl (C=O) groups is 2. The highest BCUT2D eigenvalue weighted by atomic mass is 16.3. The van der Waals surface area contributed by atoms with Gasteiger partial charge < -0.3 is 21.1 Å². The van der Waals surface area contributed by atoms with Crippen molar-refractivity contribution in [1.82, 2.24) is 24.8 Å². The lowest BCUT2D eigenvalue weighted by Crippen LogP contribution is -2.39. The van der Waals surface area contributed by atoms with Gasteiger partial charge in [0.1, 0.15) is 5.56 Å². The number of anilines is 1. The second-order valence-corrected chi connectivity index (χ2v) is 10.5. The predicted octanol–water partition coefficient (Wildman–Crippen LogP) is 2.80. The number of nitrogens with two attached hydrogens (primary N) is 1. The highest BCUT2D eigenvalue weighted by molar-refractivity contribution is 6.04. The Bertz CT molecular complexity index is 1370. The molecule has 6 rings (SSSR count). The van der Waals surface area contributed by atoms with E-state index >= 15 is 0 Å². The molecule has 9 heteroatoms. The SMILES string of the molecule is CCc1cc(-c2ccn3nc(N)c(C(=O)N[C@@H](CO)C4CC4)c3n2)cc2c1C(=O)N([C@@H](C)C1CC1)C2. The fraction of sp³-hybridized carbons (Fsp3) is 0.481. The Labute approximate surface area is 209 Å². The van der Waals surface area contributed by atoms with Gasteiger partial charge in [0.25, 0.3) is 11.8 Å². The molecule has 0 unspecified atom stereocenters. The fourth-order valence-corrected chi connectivity index (χ4v) is 5.53. The zero-order valence-electron chi connectivity index (χ0n) is 20.7. The van der Waals surface area contributed by atoms with Crippen molar-refractivity contribution in [1.29, 1.82) is 0 Å². The normalized spacial score (nSPS) is 19.0. The Morgan fingerprint density at radius 2 is 2.00 bits per heavy atom. The molecule has 2 amide bonds. The van der Waals surface area contributed by atoms with Gasteiger partial charge >= 0.3 is 0 Å². The first kappa shape index (κ1) is 23.0. The lowest BCUT2D eigenvalue weighted by molar-refractivity contribution is 0.0696. The second kappa shape index (κ2) is 8.58. The Morgan fingerprint density at radius 3 is 2.67 bits per heavy atom. The van der Waals surface area contributed by atoms with Crippen molar-refractivity contribution in [2.24, 2.45) is 11.8 Å². The Hall–Kier alpha value is -3.46. The van der Waals surface area contributed by atoms with E-state index in [1.807, 2.05) is 17.0 Å². The summed E-state index contributed by atoms with van der Waals surface area (Å²) in [6.07, 6.45) is 6.88. The van der Waals surface area contributed by atoms with Crippen LogP contribution in [0.4, 0.5) is 5.82 Å². The average molecular weight is 489 g/mol. The third-order valence-electron chi connectivity index (χ3n) is 8.03. The number of hydrogen-bond acceptors (Lipinski definition) is 6. The molecule has 3 heterocycles. The van der Waals surface area contributed by atoms with Gasteiger partial charge in [0, 0.05) is 29.9 Å². The molecule has 2 saturated carbocycles. The first-order valence-electron chi connectivity index (χ1n) is 12.9. The number of carbonyl (C=O) groups excluding carboxylic acids is 2. The van der Waals surface area contributed by atoms with E-state index in [-0.39, 0.29) is 41.9 Å². The van der Waals surface area contributed by atoms with Crippen LogP contribution in [0, 0.1) is 11.8 Å². The molecule has 0 bridgehead atoms. The van der Waals surface area contributed by atoms with Crippen molar-refractivity contribution in [2.75, 3.05) is 12.3 Å². The summed E-state index contributed by atoms with van der Waals surface area (Å²) in [5.41, 5.74) is 11.2. The monoisotopic (exact) mass is 488 g/mol. The number of aliphatic hydroxyl groups is 1. The van der Waals surface area contributed by atoms with E-state index in [0.29, 0.717) is 29.7 Å². The van der Waals surface area contributed by atoms with Gasteiger partial charge in [-0.3, -0.25) is 9.59 Å². The molecule has 0 radical (unpaired) electrons. The lowest BCUT2D eigenvalue weighted by Gasteiger charge is -2.24. The minimum absolute atomic E-state index is 0.100. The first-order valence-corrected chi connectivity index (χ1v) is 12.9. The summed E-state index contributed by atoms with van der Waals surface area (Å²) in [6, 6.07) is 5.90. The number of aliphatic hydroxyl groups excluding tert-OH is 1. The molecule has 4 N–H and O–H groups in total. The van der Waals surface area contributed by atoms with Crippen LogP contribution >= 0.6 is 0 Å². The molecule has 3 aliphatic rings. The number of rotatable bonds is 8. The second-order valence-electron chi connectivity index (χ2n) is 10.5. The average Bonchev–Trinajstić information content (AvgIpc) is 3.80. The van der Waals surface area contributed by atoms with Gasteiger partial charge in [0.15, 0.2) is 11.5 Å². The Balaban J connectivity index is 1.36. The molecule has 9 nitrogen and oxygen atoms in total. The van der Waals surface area contributed by atoms with E-state index in [1.54, 1.807) is 6.20 Å². The number of aromatic nitrogens is 3. The van der Waals surface area contributed by atoms with E-state index < -0.39 is 0 Å². The number of nitrogen functional groups attached to an aromatic ring is 1. The molecule has 2 aliphatic carbocycles. The van der Waals surface area contributed by atoms with Gasteiger partial charge in [0.05, 0.1) is 18.3 Å². The highest BCUT2D eigenvalue weighted by Crippen LogP contribution is 2.40. The number of benzene rings is 1. The Kier molecular flexibility index (Phi) is 5.48. The maximum absolute atomic E-state index is 13.3. The standard InChI is InChI=1S/C27H32N6O3/c1-3-15-10-18(11-19-12-32(27(36)22(15)19)14(2)16-4-5-16)20-8-9-33-25(29-20)23(24(28)31-33)26(35)30-21(13-34)17-6-7-17/h8-11,14,16-17,21,34H,3-7,12-13H2,1-2H3,(H2,28,31)(H,30,35)/t14-,21-/m0/s1. The van der Waals surface area contributed by atoms with Crippen molar-refractivity contribution < 1.29 is 14.7 Å². The summed E-state index contributed by atoms with van der Waals surface area (Å²) in [4.78, 5) is 33.2. The van der Waals surface area contributed by atoms with Crippen LogP contribution in [0.2, 0.25) is 0 Å². The van der Waals surface area contributed by atoms with Crippen molar-refractivity contribution >= 4 is 23.3 Å². The smallest absolute Gasteiger partial charge is 0.259 e. The largest absolute Gasteiger partial charge is 0.394 e. The molecule has 36 heavy (non-hydrogen) atoms. The quantitative estimate of drug-likeness (QED) is 0.448. The number of nitrogens with one attached hydrogen (secondary N) is 1. The van der Waals surface area contributed by atoms with Crippen LogP contribution in [0.3, 0.4) is 0 Å². The molecule has 3 aromatic rings. The lowest BCUT2D eigenvalue weighted by atomic mass is 9.96. The van der Waals surface area contributed by atoms with Crippen LogP contribution < -0.4 is 11.1 Å². The Morgan fingerprint density at radius 1 is 1.25 bits per heavy atom. The van der Waals surface area contributed by atoms with E-state index in [0.717, 1.165) is 41.5 Å². The molecule has 1 aliphatic heterocycles. The van der Waals surface area contributed by atoms with Crippen LogP contribution in [0.5, 0.6) is 0 Å². The summed E-state index contributed by atoms with van der Waals surface area (Å²) >= 11 is 0. The van der Waals surface area contributed by atoms with E-state index in [9.17, 15) is 14.7 Å². The molecule has 1 aromatic carbocycles. The molecule has 2 atom stereocenters. The number of nitrogens with zero attached hydrogens (tertiary/aromatic N) is 4. The van der Waals surface area contributed by atoms with E-state index in [4.69, 9.17) is 10.7 Å². The van der Waals surface area contributed by atoms with E-state index in [2.05, 4.69) is 30.3 Å². The number of fused-ring (bicyclic) bond motifs is 2. The van der Waals surface area contributed by atoms with E-state index in [1.165, 1.54) is 17.4 Å². The number of amides is 2. The summed E-state index contributed by atoms with van der Waals surface area (Å²) < 4.78 is 1.51. The van der Waals surface area contributed by atoms with Crippen molar-refractivity contribution in [2.45, 2.75) is 64.6 Å². The summed E-state index contributed by atoms with van der Waals surface area (Å²) in [5, 5.41) is 16.9. The van der Waals surface area contributed by atoms with Gasteiger partial charge in [-0.15, -0.1) is 5.10 Å². The van der Waals surface area contributed by atoms with Gasteiger partial charge in [-0.1, -0.05) is 6.92 Å². The van der Waals surface area contributed by atoms with Gasteiger partial charge in [0.2, 0.25) is 0 Å². The minimum atomic E-state index is -0.378. The van der Waals surface area contributed by atoms with Crippen LogP contribution in [-0.4, -0.2) is 55.1 Å². The number of aryl methyl sites for hydroxylation is 1. The molecule has 0 saturated heterocycles. The highest BCUT2D eigenvalue weighted by Gasteiger charge is 2.39. The number of hydrogen-bond donors (Lipinski definition) is 3. The van der Waals surface area contributed by atoms with Crippen LogP contribution in [0.1, 0.15) is 71.4 Å². The zero-order valence-corrected chi connectivity index (χ0v) is 20.7. The molecular weight excluding hydrogens is 456 g/mol. The molecular formula is C27H32N6O3. The van der Waals surface area contributed by atoms with Gasteiger partial charge in [-0.25, -0.2) is 9.50 Å². The van der Waals surface area contributed by atoms with Crippen LogP contribution in [0.25, 0.3) is 16.9 Å². The maximum atomic E-state index is 13.3. The minimum Gasteiger partial charge on any atom is -0.394 e. The third-order valence-corrected chi connectivity index (χ3v) is 8.03. The van der Waals surface area contributed by atoms with Gasteiger partial charge in [-0.2, -0.15) is 0 Å². The van der Waals surface area contributed by atoms with Crippen molar-refractivity contribution in [3.8, 4) is 11.3 Å². The van der Waals surface area contributed by atoms with Crippen molar-refractivity contribution in [3.63, 3.8) is 0 Å². The fourth-order valence-electron chi connectivity index (χ4n) is 5.53. The van der Waals surface area contributed by atoms with Crippen molar-refractivity contribution in [3.05, 3.63) is 46.6 Å². The molecule has 188 valence electrons. The predicted molar refractivity (Wildman–Crippen MR) is 135 cm³/mol. The van der Waals surface area contributed by atoms with Crippen LogP contribution in [0.15, 0.2) is 24.4 Å². The topological polar surface area (TPSA) is 126 Å². The molecule has 0 spiro atoms. The summed E-state index contributed by atoms with van der Waals surface area (Å²) in [5.74, 6) is 0.765. The molecule has 2 aromatic heterocycles. The summed E-state index contributed by atoms with van der Waals surface area (Å²) in [7, 11) is 0. The van der Waals surface area contributed by atoms with Crippen LogP contribution in [-0.2, 0) is 13.0 Å².